The van der Waals surface area contributed by atoms with E-state index in [4.69, 9.17) is 4.74 Å². The lowest BCUT2D eigenvalue weighted by Gasteiger charge is -2.01. The minimum absolute atomic E-state index is 0.195. The number of rotatable bonds is 2. The van der Waals surface area contributed by atoms with Crippen molar-refractivity contribution in [1.82, 2.24) is 0 Å². The van der Waals surface area contributed by atoms with Crippen LogP contribution in [0.2, 0.25) is 0 Å². The molecule has 1 nitrogen and oxygen atoms in total. The first kappa shape index (κ1) is 9.41. The topological polar surface area (TPSA) is 9.23 Å². The summed E-state index contributed by atoms with van der Waals surface area (Å²) in [5.41, 5.74) is 1.02. The molecule has 2 rings (SSSR count). The van der Waals surface area contributed by atoms with E-state index >= 15 is 0 Å². The SMILES string of the molecule is Fc1ccc(/C=C\[C@@H]2CCCO2)cc1. The van der Waals surface area contributed by atoms with Crippen molar-refractivity contribution < 1.29 is 9.13 Å². The van der Waals surface area contributed by atoms with Crippen LogP contribution >= 0.6 is 0 Å². The highest BCUT2D eigenvalue weighted by Gasteiger charge is 2.10. The maximum atomic E-state index is 12.6. The first-order chi connectivity index (χ1) is 6.84. The van der Waals surface area contributed by atoms with E-state index in [0.29, 0.717) is 0 Å². The molecule has 1 aromatic carbocycles. The summed E-state index contributed by atoms with van der Waals surface area (Å²) in [7, 11) is 0. The molecule has 0 unspecified atom stereocenters. The van der Waals surface area contributed by atoms with Gasteiger partial charge >= 0.3 is 0 Å². The van der Waals surface area contributed by atoms with Crippen molar-refractivity contribution in [3.63, 3.8) is 0 Å². The molecule has 0 N–H and O–H groups in total. The first-order valence-corrected chi connectivity index (χ1v) is 4.90. The number of halogens is 1. The average molecular weight is 192 g/mol. The van der Waals surface area contributed by atoms with Crippen molar-refractivity contribution in [3.8, 4) is 0 Å². The normalized spacial score (nSPS) is 21.9. The van der Waals surface area contributed by atoms with Crippen molar-refractivity contribution in [2.45, 2.75) is 18.9 Å². The van der Waals surface area contributed by atoms with Crippen LogP contribution in [0.4, 0.5) is 4.39 Å². The second kappa shape index (κ2) is 4.38. The van der Waals surface area contributed by atoms with Gasteiger partial charge in [-0.05, 0) is 30.5 Å². The fourth-order valence-corrected chi connectivity index (χ4v) is 1.55. The molecule has 74 valence electrons. The van der Waals surface area contributed by atoms with Crippen LogP contribution in [0.3, 0.4) is 0 Å². The molecule has 2 heteroatoms. The van der Waals surface area contributed by atoms with E-state index in [2.05, 4.69) is 0 Å². The number of hydrogen-bond donors (Lipinski definition) is 0. The Balaban J connectivity index is 1.99. The molecule has 1 aliphatic heterocycles. The molecular weight excluding hydrogens is 179 g/mol. The molecule has 1 fully saturated rings. The Kier molecular flexibility index (Phi) is 2.94. The summed E-state index contributed by atoms with van der Waals surface area (Å²) in [6.07, 6.45) is 6.51. The molecule has 1 aliphatic rings. The molecule has 0 radical (unpaired) electrons. The van der Waals surface area contributed by atoms with Gasteiger partial charge in [-0.2, -0.15) is 0 Å². The van der Waals surface area contributed by atoms with E-state index in [0.717, 1.165) is 25.0 Å². The first-order valence-electron chi connectivity index (χ1n) is 4.90. The zero-order valence-corrected chi connectivity index (χ0v) is 7.95. The Bertz CT molecular complexity index is 310. The second-order valence-corrected chi connectivity index (χ2v) is 3.46. The third-order valence-electron chi connectivity index (χ3n) is 2.34. The molecule has 1 aromatic rings. The highest BCUT2D eigenvalue weighted by molar-refractivity contribution is 5.49. The largest absolute Gasteiger partial charge is 0.374 e. The van der Waals surface area contributed by atoms with Gasteiger partial charge in [0, 0.05) is 6.61 Å². The van der Waals surface area contributed by atoms with Crippen LogP contribution in [0.25, 0.3) is 6.08 Å². The lowest BCUT2D eigenvalue weighted by Crippen LogP contribution is -1.98. The Morgan fingerprint density at radius 1 is 1.29 bits per heavy atom. The molecular formula is C12H13FO. The summed E-state index contributed by atoms with van der Waals surface area (Å²) < 4.78 is 18.0. The lowest BCUT2D eigenvalue weighted by atomic mass is 10.1. The summed E-state index contributed by atoms with van der Waals surface area (Å²) >= 11 is 0. The van der Waals surface area contributed by atoms with Gasteiger partial charge in [0.15, 0.2) is 0 Å². The molecule has 0 aromatic heterocycles. The van der Waals surface area contributed by atoms with E-state index in [9.17, 15) is 4.39 Å². The summed E-state index contributed by atoms with van der Waals surface area (Å²) in [5, 5.41) is 0. The maximum absolute atomic E-state index is 12.6. The molecule has 1 saturated heterocycles. The minimum atomic E-state index is -0.195. The van der Waals surface area contributed by atoms with Crippen molar-refractivity contribution in [1.29, 1.82) is 0 Å². The Morgan fingerprint density at radius 3 is 2.71 bits per heavy atom. The van der Waals surface area contributed by atoms with Gasteiger partial charge < -0.3 is 4.74 Å². The quantitative estimate of drug-likeness (QED) is 0.699. The fourth-order valence-electron chi connectivity index (χ4n) is 1.55. The van der Waals surface area contributed by atoms with Crippen LogP contribution in [0.5, 0.6) is 0 Å². The average Bonchev–Trinajstić information content (AvgIpc) is 2.70. The van der Waals surface area contributed by atoms with E-state index in [-0.39, 0.29) is 11.9 Å². The van der Waals surface area contributed by atoms with E-state index < -0.39 is 0 Å². The van der Waals surface area contributed by atoms with Gasteiger partial charge in [-0.25, -0.2) is 4.39 Å². The third kappa shape index (κ3) is 2.42. The van der Waals surface area contributed by atoms with Gasteiger partial charge in [0.05, 0.1) is 6.10 Å². The van der Waals surface area contributed by atoms with Crippen molar-refractivity contribution >= 4 is 6.08 Å². The number of ether oxygens (including phenoxy) is 1. The van der Waals surface area contributed by atoms with Gasteiger partial charge in [-0.1, -0.05) is 24.3 Å². The van der Waals surface area contributed by atoms with Crippen molar-refractivity contribution in [3.05, 3.63) is 41.7 Å². The van der Waals surface area contributed by atoms with Gasteiger partial charge in [0.2, 0.25) is 0 Å². The predicted molar refractivity (Wildman–Crippen MR) is 54.4 cm³/mol. The standard InChI is InChI=1S/C12H13FO/c13-11-6-3-10(4-7-11)5-8-12-2-1-9-14-12/h3-8,12H,1-2,9H2/b8-5-/t12-/m0/s1. The number of benzene rings is 1. The van der Waals surface area contributed by atoms with Crippen molar-refractivity contribution in [2.75, 3.05) is 6.61 Å². The molecule has 0 aliphatic carbocycles. The lowest BCUT2D eigenvalue weighted by molar-refractivity contribution is 0.146. The fraction of sp³-hybridized carbons (Fsp3) is 0.333. The second-order valence-electron chi connectivity index (χ2n) is 3.46. The predicted octanol–water partition coefficient (Wildman–Crippen LogP) is 3.02. The van der Waals surface area contributed by atoms with Gasteiger partial charge in [-0.15, -0.1) is 0 Å². The summed E-state index contributed by atoms with van der Waals surface area (Å²) in [6, 6.07) is 6.46. The third-order valence-corrected chi connectivity index (χ3v) is 2.34. The Hall–Kier alpha value is -1.15. The van der Waals surface area contributed by atoms with E-state index in [1.807, 2.05) is 12.2 Å². The molecule has 0 saturated carbocycles. The summed E-state index contributed by atoms with van der Waals surface area (Å²) in [5.74, 6) is -0.195. The molecule has 0 spiro atoms. The van der Waals surface area contributed by atoms with Crippen LogP contribution in [0, 0.1) is 5.82 Å². The van der Waals surface area contributed by atoms with Gasteiger partial charge in [-0.3, -0.25) is 0 Å². The maximum Gasteiger partial charge on any atom is 0.123 e. The highest BCUT2D eigenvalue weighted by Crippen LogP contribution is 2.14. The molecule has 1 atom stereocenters. The van der Waals surface area contributed by atoms with Crippen LogP contribution < -0.4 is 0 Å². The highest BCUT2D eigenvalue weighted by atomic mass is 19.1. The smallest absolute Gasteiger partial charge is 0.123 e. The Morgan fingerprint density at radius 2 is 2.07 bits per heavy atom. The van der Waals surface area contributed by atoms with Gasteiger partial charge in [0.25, 0.3) is 0 Å². The monoisotopic (exact) mass is 192 g/mol. The Labute approximate surface area is 83.2 Å². The van der Waals surface area contributed by atoms with Crippen LogP contribution in [-0.4, -0.2) is 12.7 Å². The van der Waals surface area contributed by atoms with Crippen LogP contribution in [-0.2, 0) is 4.74 Å². The summed E-state index contributed by atoms with van der Waals surface area (Å²) in [4.78, 5) is 0. The van der Waals surface area contributed by atoms with Crippen molar-refractivity contribution in [2.24, 2.45) is 0 Å². The molecule has 1 heterocycles. The minimum Gasteiger partial charge on any atom is -0.374 e. The zero-order chi connectivity index (χ0) is 9.80. The number of hydrogen-bond acceptors (Lipinski definition) is 1. The molecule has 14 heavy (non-hydrogen) atoms. The van der Waals surface area contributed by atoms with Crippen LogP contribution in [0.1, 0.15) is 18.4 Å². The van der Waals surface area contributed by atoms with Gasteiger partial charge in [0.1, 0.15) is 5.82 Å². The molecule has 0 bridgehead atoms. The van der Waals surface area contributed by atoms with E-state index in [1.54, 1.807) is 12.1 Å². The molecule has 0 amide bonds. The van der Waals surface area contributed by atoms with Crippen LogP contribution in [0.15, 0.2) is 30.3 Å². The zero-order valence-electron chi connectivity index (χ0n) is 7.95. The summed E-state index contributed by atoms with van der Waals surface area (Å²) in [6.45, 7) is 0.860. The van der Waals surface area contributed by atoms with E-state index in [1.165, 1.54) is 12.1 Å².